The Hall–Kier alpha value is -3.55. The van der Waals surface area contributed by atoms with Gasteiger partial charge in [0.15, 0.2) is 11.5 Å². The van der Waals surface area contributed by atoms with Crippen molar-refractivity contribution in [3.8, 4) is 11.5 Å². The van der Waals surface area contributed by atoms with E-state index in [4.69, 9.17) is 32.7 Å². The van der Waals surface area contributed by atoms with E-state index >= 15 is 0 Å². The van der Waals surface area contributed by atoms with Gasteiger partial charge in [0.2, 0.25) is 0 Å². The van der Waals surface area contributed by atoms with Crippen molar-refractivity contribution < 1.29 is 19.1 Å². The number of hydrazone groups is 1. The third-order valence-corrected chi connectivity index (χ3v) is 6.73. The van der Waals surface area contributed by atoms with Crippen LogP contribution in [0.25, 0.3) is 0 Å². The molecule has 0 aliphatic carbocycles. The standard InChI is InChI=1S/C28H27Cl2N3O4/c1-36-26-15-20(17-31-32-27(34)22-10-11-23(29)24(30)16-22)7-12-25(26)37-18-19-5-8-21(9-6-19)28(35)33-13-3-2-4-14-33/h5-12,15-17H,2-4,13-14,18H2,1H3,(H,32,34)/b31-17-. The summed E-state index contributed by atoms with van der Waals surface area (Å²) in [5.41, 5.74) is 5.14. The molecule has 0 aromatic heterocycles. The normalized spacial score (nSPS) is 13.4. The molecule has 1 N–H and O–H groups in total. The molecule has 0 unspecified atom stereocenters. The molecule has 1 saturated heterocycles. The molecular formula is C28H27Cl2N3O4. The van der Waals surface area contributed by atoms with E-state index in [2.05, 4.69) is 10.5 Å². The Morgan fingerprint density at radius 3 is 2.35 bits per heavy atom. The van der Waals surface area contributed by atoms with Crippen LogP contribution in [0.3, 0.4) is 0 Å². The van der Waals surface area contributed by atoms with Gasteiger partial charge >= 0.3 is 0 Å². The number of nitrogens with one attached hydrogen (secondary N) is 1. The molecule has 1 heterocycles. The van der Waals surface area contributed by atoms with E-state index in [-0.39, 0.29) is 5.91 Å². The number of nitrogens with zero attached hydrogens (tertiary/aromatic N) is 2. The number of halogens is 2. The fourth-order valence-electron chi connectivity index (χ4n) is 3.94. The Labute approximate surface area is 226 Å². The molecule has 1 fully saturated rings. The van der Waals surface area contributed by atoms with Gasteiger partial charge in [0, 0.05) is 24.2 Å². The van der Waals surface area contributed by atoms with Gasteiger partial charge in [-0.25, -0.2) is 5.43 Å². The number of likely N-dealkylation sites (tertiary alicyclic amines) is 1. The van der Waals surface area contributed by atoms with Crippen LogP contribution in [0.15, 0.2) is 65.8 Å². The van der Waals surface area contributed by atoms with Gasteiger partial charge in [0.05, 0.1) is 23.4 Å². The molecule has 192 valence electrons. The lowest BCUT2D eigenvalue weighted by Crippen LogP contribution is -2.35. The maximum Gasteiger partial charge on any atom is 0.271 e. The molecule has 1 aliphatic heterocycles. The fraction of sp³-hybridized carbons (Fsp3) is 0.250. The number of benzene rings is 3. The number of ether oxygens (including phenoxy) is 2. The smallest absolute Gasteiger partial charge is 0.271 e. The van der Waals surface area contributed by atoms with Crippen LogP contribution in [0.5, 0.6) is 11.5 Å². The summed E-state index contributed by atoms with van der Waals surface area (Å²) < 4.78 is 11.4. The summed E-state index contributed by atoms with van der Waals surface area (Å²) in [6.07, 6.45) is 4.82. The highest BCUT2D eigenvalue weighted by molar-refractivity contribution is 6.42. The lowest BCUT2D eigenvalue weighted by molar-refractivity contribution is 0.0724. The summed E-state index contributed by atoms with van der Waals surface area (Å²) >= 11 is 11.8. The molecule has 1 aliphatic rings. The van der Waals surface area contributed by atoms with E-state index in [0.717, 1.165) is 31.5 Å². The van der Waals surface area contributed by atoms with E-state index in [0.29, 0.717) is 44.8 Å². The van der Waals surface area contributed by atoms with Crippen molar-refractivity contribution in [3.05, 3.63) is 93.0 Å². The summed E-state index contributed by atoms with van der Waals surface area (Å²) in [5, 5.41) is 4.66. The lowest BCUT2D eigenvalue weighted by Gasteiger charge is -2.26. The van der Waals surface area contributed by atoms with Gasteiger partial charge in [-0.1, -0.05) is 35.3 Å². The molecule has 3 aromatic rings. The molecular weight excluding hydrogens is 513 g/mol. The second kappa shape index (κ2) is 12.6. The zero-order chi connectivity index (χ0) is 26.2. The maximum atomic E-state index is 12.7. The van der Waals surface area contributed by atoms with Gasteiger partial charge in [-0.3, -0.25) is 9.59 Å². The number of amides is 2. The Balaban J connectivity index is 1.33. The number of methoxy groups -OCH3 is 1. The summed E-state index contributed by atoms with van der Waals surface area (Å²) in [6, 6.07) is 17.4. The van der Waals surface area contributed by atoms with Gasteiger partial charge in [-0.05, 0) is 78.9 Å². The molecule has 7 nitrogen and oxygen atoms in total. The quantitative estimate of drug-likeness (QED) is 0.282. The minimum absolute atomic E-state index is 0.0826. The summed E-state index contributed by atoms with van der Waals surface area (Å²) in [4.78, 5) is 26.8. The van der Waals surface area contributed by atoms with Crippen LogP contribution in [0.1, 0.15) is 51.1 Å². The zero-order valence-electron chi connectivity index (χ0n) is 20.4. The first-order valence-electron chi connectivity index (χ1n) is 11.9. The van der Waals surface area contributed by atoms with Crippen molar-refractivity contribution in [3.63, 3.8) is 0 Å². The van der Waals surface area contributed by atoms with E-state index < -0.39 is 5.91 Å². The molecule has 0 saturated carbocycles. The van der Waals surface area contributed by atoms with Crippen LogP contribution in [0.2, 0.25) is 10.0 Å². The van der Waals surface area contributed by atoms with E-state index in [9.17, 15) is 9.59 Å². The third-order valence-electron chi connectivity index (χ3n) is 5.99. The number of hydrogen-bond donors (Lipinski definition) is 1. The average molecular weight is 540 g/mol. The SMILES string of the molecule is COc1cc(/C=N\NC(=O)c2ccc(Cl)c(Cl)c2)ccc1OCc1ccc(C(=O)N2CCCCC2)cc1. The predicted molar refractivity (Wildman–Crippen MR) is 145 cm³/mol. The number of piperidine rings is 1. The van der Waals surface area contributed by atoms with Crippen LogP contribution >= 0.6 is 23.2 Å². The number of carbonyl (C=O) groups excluding carboxylic acids is 2. The summed E-state index contributed by atoms with van der Waals surface area (Å²) in [7, 11) is 1.55. The molecule has 37 heavy (non-hydrogen) atoms. The first kappa shape index (κ1) is 26.5. The largest absolute Gasteiger partial charge is 0.493 e. The Morgan fingerprint density at radius 2 is 1.65 bits per heavy atom. The minimum Gasteiger partial charge on any atom is -0.493 e. The molecule has 0 bridgehead atoms. The van der Waals surface area contributed by atoms with Crippen LogP contribution in [0.4, 0.5) is 0 Å². The monoisotopic (exact) mass is 539 g/mol. The van der Waals surface area contributed by atoms with Crippen LogP contribution in [0, 0.1) is 0 Å². The van der Waals surface area contributed by atoms with Crippen molar-refractivity contribution >= 4 is 41.2 Å². The molecule has 0 radical (unpaired) electrons. The minimum atomic E-state index is -0.412. The molecule has 2 amide bonds. The van der Waals surface area contributed by atoms with Gasteiger partial charge in [-0.15, -0.1) is 0 Å². The number of hydrogen-bond acceptors (Lipinski definition) is 5. The third kappa shape index (κ3) is 7.02. The second-order valence-electron chi connectivity index (χ2n) is 8.58. The maximum absolute atomic E-state index is 12.7. The molecule has 0 atom stereocenters. The van der Waals surface area contributed by atoms with Crippen molar-refractivity contribution in [1.29, 1.82) is 0 Å². The number of rotatable bonds is 8. The Morgan fingerprint density at radius 1 is 0.919 bits per heavy atom. The fourth-order valence-corrected chi connectivity index (χ4v) is 4.23. The van der Waals surface area contributed by atoms with Gasteiger partial charge in [0.1, 0.15) is 6.61 Å². The van der Waals surface area contributed by atoms with Crippen molar-refractivity contribution in [2.45, 2.75) is 25.9 Å². The predicted octanol–water partition coefficient (Wildman–Crippen LogP) is 5.97. The van der Waals surface area contributed by atoms with E-state index in [1.165, 1.54) is 18.7 Å². The highest BCUT2D eigenvalue weighted by atomic mass is 35.5. The second-order valence-corrected chi connectivity index (χ2v) is 9.39. The number of carbonyl (C=O) groups is 2. The molecule has 9 heteroatoms. The first-order chi connectivity index (χ1) is 17.9. The molecule has 4 rings (SSSR count). The Kier molecular flexibility index (Phi) is 9.04. The topological polar surface area (TPSA) is 80.2 Å². The molecule has 3 aromatic carbocycles. The van der Waals surface area contributed by atoms with Crippen molar-refractivity contribution in [2.24, 2.45) is 5.10 Å². The average Bonchev–Trinajstić information content (AvgIpc) is 2.94. The highest BCUT2D eigenvalue weighted by Crippen LogP contribution is 2.28. The van der Waals surface area contributed by atoms with Gasteiger partial charge in [-0.2, -0.15) is 5.10 Å². The molecule has 0 spiro atoms. The van der Waals surface area contributed by atoms with E-state index in [1.807, 2.05) is 29.2 Å². The highest BCUT2D eigenvalue weighted by Gasteiger charge is 2.18. The van der Waals surface area contributed by atoms with Gasteiger partial charge < -0.3 is 14.4 Å². The summed E-state index contributed by atoms with van der Waals surface area (Å²) in [5.74, 6) is 0.759. The zero-order valence-corrected chi connectivity index (χ0v) is 21.9. The first-order valence-corrected chi connectivity index (χ1v) is 12.7. The van der Waals surface area contributed by atoms with Crippen LogP contribution < -0.4 is 14.9 Å². The Bertz CT molecular complexity index is 1290. The van der Waals surface area contributed by atoms with Crippen LogP contribution in [-0.2, 0) is 6.61 Å². The summed E-state index contributed by atoms with van der Waals surface area (Å²) in [6.45, 7) is 1.98. The van der Waals surface area contributed by atoms with E-state index in [1.54, 1.807) is 37.4 Å². The van der Waals surface area contributed by atoms with Crippen LogP contribution in [-0.4, -0.2) is 43.1 Å². The van der Waals surface area contributed by atoms with Crippen molar-refractivity contribution in [1.82, 2.24) is 10.3 Å². The van der Waals surface area contributed by atoms with Crippen molar-refractivity contribution in [2.75, 3.05) is 20.2 Å². The van der Waals surface area contributed by atoms with Gasteiger partial charge in [0.25, 0.3) is 11.8 Å². The lowest BCUT2D eigenvalue weighted by atomic mass is 10.1.